The summed E-state index contributed by atoms with van der Waals surface area (Å²) in [6.07, 6.45) is -0.882. The predicted octanol–water partition coefficient (Wildman–Crippen LogP) is 1.68. The molecule has 0 heterocycles. The molecule has 0 saturated heterocycles. The van der Waals surface area contributed by atoms with Crippen molar-refractivity contribution >= 4 is 6.16 Å². The van der Waals surface area contributed by atoms with Gasteiger partial charge in [-0.05, 0) is 20.8 Å². The molecule has 0 aromatic rings. The van der Waals surface area contributed by atoms with Crippen LogP contribution in [0.25, 0.3) is 0 Å². The summed E-state index contributed by atoms with van der Waals surface area (Å²) in [4.78, 5) is 19.7. The molecule has 0 unspecified atom stereocenters. The van der Waals surface area contributed by atoms with E-state index in [0.29, 0.717) is 0 Å². The van der Waals surface area contributed by atoms with Gasteiger partial charge in [0.05, 0.1) is 13.7 Å². The van der Waals surface area contributed by atoms with Crippen LogP contribution in [0, 0.1) is 7.11 Å². The monoisotopic (exact) mass is 191 g/mol. The Bertz CT molecular complexity index is 149. The molecule has 5 nitrogen and oxygen atoms in total. The maximum atomic E-state index is 10.7. The second-order valence-corrected chi connectivity index (χ2v) is 3.29. The van der Waals surface area contributed by atoms with E-state index in [1.165, 1.54) is 0 Å². The van der Waals surface area contributed by atoms with Crippen molar-refractivity contribution in [2.24, 2.45) is 0 Å². The Morgan fingerprint density at radius 1 is 1.31 bits per heavy atom. The smallest absolute Gasteiger partial charge is 0.430 e. The highest BCUT2D eigenvalue weighted by atomic mass is 17.2. The molecule has 0 rings (SSSR count). The van der Waals surface area contributed by atoms with E-state index in [4.69, 9.17) is 4.89 Å². The molecule has 0 fully saturated rings. The first-order chi connectivity index (χ1) is 5.95. The first-order valence-corrected chi connectivity index (χ1v) is 3.85. The van der Waals surface area contributed by atoms with Crippen molar-refractivity contribution in [3.8, 4) is 0 Å². The Labute approximate surface area is 77.8 Å². The van der Waals surface area contributed by atoms with E-state index < -0.39 is 11.8 Å². The maximum Gasteiger partial charge on any atom is 0.540 e. The molecule has 0 aromatic heterocycles. The fraction of sp³-hybridized carbons (Fsp3) is 0.750. The zero-order valence-corrected chi connectivity index (χ0v) is 8.16. The maximum absolute atomic E-state index is 10.7. The Kier molecular flexibility index (Phi) is 5.41. The van der Waals surface area contributed by atoms with Crippen LogP contribution in [0.15, 0.2) is 0 Å². The third-order valence-electron chi connectivity index (χ3n) is 0.807. The lowest BCUT2D eigenvalue weighted by Gasteiger charge is -2.15. The molecular formula is C8H15O5. The van der Waals surface area contributed by atoms with Gasteiger partial charge in [0, 0.05) is 0 Å². The normalized spacial score (nSPS) is 11.1. The van der Waals surface area contributed by atoms with Crippen molar-refractivity contribution in [3.63, 3.8) is 0 Å². The molecule has 1 radical (unpaired) electrons. The third kappa shape index (κ3) is 9.10. The van der Waals surface area contributed by atoms with Gasteiger partial charge in [-0.1, -0.05) is 0 Å². The van der Waals surface area contributed by atoms with Crippen molar-refractivity contribution < 1.29 is 24.0 Å². The molecule has 0 amide bonds. The minimum absolute atomic E-state index is 0.0931. The van der Waals surface area contributed by atoms with Gasteiger partial charge < -0.3 is 9.47 Å². The van der Waals surface area contributed by atoms with Crippen molar-refractivity contribution in [3.05, 3.63) is 7.11 Å². The molecular weight excluding hydrogens is 176 g/mol. The second-order valence-electron chi connectivity index (χ2n) is 3.29. The largest absolute Gasteiger partial charge is 0.540 e. The molecule has 0 saturated carbocycles. The van der Waals surface area contributed by atoms with E-state index in [1.807, 2.05) is 0 Å². The highest BCUT2D eigenvalue weighted by Crippen LogP contribution is 2.07. The minimum atomic E-state index is -0.882. The molecule has 0 aliphatic rings. The summed E-state index contributed by atoms with van der Waals surface area (Å²) in [5, 5.41) is 0. The molecule has 0 spiro atoms. The zero-order valence-electron chi connectivity index (χ0n) is 8.16. The van der Waals surface area contributed by atoms with E-state index in [9.17, 15) is 4.79 Å². The molecule has 0 aliphatic heterocycles. The fourth-order valence-corrected chi connectivity index (χ4v) is 0.367. The van der Waals surface area contributed by atoms with Gasteiger partial charge in [-0.3, -0.25) is 4.89 Å². The van der Waals surface area contributed by atoms with Crippen LogP contribution in [-0.4, -0.2) is 25.0 Å². The van der Waals surface area contributed by atoms with Gasteiger partial charge in [-0.25, -0.2) is 4.79 Å². The molecule has 0 N–H and O–H groups in total. The lowest BCUT2D eigenvalue weighted by atomic mass is 10.2. The van der Waals surface area contributed by atoms with Crippen molar-refractivity contribution in [1.29, 1.82) is 0 Å². The summed E-state index contributed by atoms with van der Waals surface area (Å²) in [5.74, 6) is 0. The van der Waals surface area contributed by atoms with Crippen LogP contribution >= 0.6 is 0 Å². The zero-order chi connectivity index (χ0) is 10.3. The highest BCUT2D eigenvalue weighted by Gasteiger charge is 2.15. The minimum Gasteiger partial charge on any atom is -0.430 e. The lowest BCUT2D eigenvalue weighted by molar-refractivity contribution is -0.312. The number of hydrogen-bond acceptors (Lipinski definition) is 5. The Morgan fingerprint density at radius 2 is 1.92 bits per heavy atom. The molecule has 77 valence electrons. The standard InChI is InChI=1S/C8H15O5/c1-8(2,3)13-12-7(9)11-6-5-10-4/h4-6H2,1-3H3. The summed E-state index contributed by atoms with van der Waals surface area (Å²) in [5.41, 5.74) is -0.540. The average Bonchev–Trinajstić information content (AvgIpc) is 2.00. The van der Waals surface area contributed by atoms with E-state index in [-0.39, 0.29) is 13.2 Å². The summed E-state index contributed by atoms with van der Waals surface area (Å²) in [6.45, 7) is 5.57. The van der Waals surface area contributed by atoms with Crippen molar-refractivity contribution in [2.45, 2.75) is 26.4 Å². The van der Waals surface area contributed by atoms with Gasteiger partial charge in [-0.2, -0.15) is 4.89 Å². The van der Waals surface area contributed by atoms with Crippen LogP contribution in [-0.2, 0) is 19.2 Å². The van der Waals surface area contributed by atoms with Gasteiger partial charge in [-0.15, -0.1) is 0 Å². The van der Waals surface area contributed by atoms with Gasteiger partial charge in [0.15, 0.2) is 0 Å². The van der Waals surface area contributed by atoms with E-state index in [1.54, 1.807) is 20.8 Å². The highest BCUT2D eigenvalue weighted by molar-refractivity contribution is 5.58. The Balaban J connectivity index is 3.41. The Morgan fingerprint density at radius 3 is 2.38 bits per heavy atom. The number of ether oxygens (including phenoxy) is 2. The SMILES string of the molecule is [CH2]OCCOC(=O)OOC(C)(C)C. The van der Waals surface area contributed by atoms with Gasteiger partial charge in [0.2, 0.25) is 0 Å². The summed E-state index contributed by atoms with van der Waals surface area (Å²) < 4.78 is 8.94. The summed E-state index contributed by atoms with van der Waals surface area (Å²) >= 11 is 0. The lowest BCUT2D eigenvalue weighted by Crippen LogP contribution is -2.22. The molecule has 0 bridgehead atoms. The number of rotatable bonds is 4. The van der Waals surface area contributed by atoms with Crippen LogP contribution in [0.5, 0.6) is 0 Å². The first kappa shape index (κ1) is 12.2. The third-order valence-corrected chi connectivity index (χ3v) is 0.807. The van der Waals surface area contributed by atoms with Crippen molar-refractivity contribution in [2.75, 3.05) is 13.2 Å². The van der Waals surface area contributed by atoms with E-state index in [0.717, 1.165) is 0 Å². The van der Waals surface area contributed by atoms with Crippen LogP contribution < -0.4 is 0 Å². The molecule has 5 heteroatoms. The topological polar surface area (TPSA) is 54.0 Å². The Hall–Kier alpha value is -0.810. The number of hydrogen-bond donors (Lipinski definition) is 0. The quantitative estimate of drug-likeness (QED) is 0.293. The molecule has 0 aromatic carbocycles. The molecule has 0 atom stereocenters. The van der Waals surface area contributed by atoms with Gasteiger partial charge in [0.25, 0.3) is 0 Å². The fourth-order valence-electron chi connectivity index (χ4n) is 0.367. The molecule has 13 heavy (non-hydrogen) atoms. The average molecular weight is 191 g/mol. The van der Waals surface area contributed by atoms with Crippen LogP contribution in [0.2, 0.25) is 0 Å². The van der Waals surface area contributed by atoms with Crippen LogP contribution in [0.3, 0.4) is 0 Å². The second kappa shape index (κ2) is 5.77. The van der Waals surface area contributed by atoms with E-state index in [2.05, 4.69) is 21.5 Å². The first-order valence-electron chi connectivity index (χ1n) is 3.85. The molecule has 0 aliphatic carbocycles. The van der Waals surface area contributed by atoms with E-state index >= 15 is 0 Å². The number of carbonyl (C=O) groups is 1. The summed E-state index contributed by atoms with van der Waals surface area (Å²) in [6, 6.07) is 0. The van der Waals surface area contributed by atoms with Crippen LogP contribution in [0.4, 0.5) is 4.79 Å². The number of carbonyl (C=O) groups excluding carboxylic acids is 1. The predicted molar refractivity (Wildman–Crippen MR) is 44.6 cm³/mol. The van der Waals surface area contributed by atoms with Crippen LogP contribution in [0.1, 0.15) is 20.8 Å². The van der Waals surface area contributed by atoms with Gasteiger partial charge >= 0.3 is 6.16 Å². The summed E-state index contributed by atoms with van der Waals surface area (Å²) in [7, 11) is 3.10. The van der Waals surface area contributed by atoms with Gasteiger partial charge in [0.1, 0.15) is 12.2 Å². The van der Waals surface area contributed by atoms with Crippen molar-refractivity contribution in [1.82, 2.24) is 0 Å².